The molecule has 0 saturated heterocycles. The molecule has 1 aliphatic carbocycles. The lowest BCUT2D eigenvalue weighted by Gasteiger charge is -2.15. The summed E-state index contributed by atoms with van der Waals surface area (Å²) in [5.74, 6) is 1.95. The van der Waals surface area contributed by atoms with Gasteiger partial charge in [-0.2, -0.15) is 5.10 Å². The molecule has 106 valence electrons. The highest BCUT2D eigenvalue weighted by Crippen LogP contribution is 2.29. The van der Waals surface area contributed by atoms with Gasteiger partial charge in [0, 0.05) is 6.42 Å². The number of nitrogens with one attached hydrogen (secondary N) is 1. The smallest absolute Gasteiger partial charge is 0.156 e. The number of hydrogen-bond acceptors (Lipinski definition) is 4. The first-order chi connectivity index (χ1) is 10.3. The fourth-order valence-corrected chi connectivity index (χ4v) is 2.28. The Hall–Kier alpha value is -2.82. The van der Waals surface area contributed by atoms with Crippen LogP contribution in [-0.4, -0.2) is 16.5 Å². The number of aromatic nitrogens is 2. The molecule has 3 rings (SSSR count). The second-order valence-corrected chi connectivity index (χ2v) is 4.76. The van der Waals surface area contributed by atoms with Crippen molar-refractivity contribution in [1.82, 2.24) is 10.2 Å². The van der Waals surface area contributed by atoms with E-state index in [0.29, 0.717) is 11.3 Å². The predicted octanol–water partition coefficient (Wildman–Crippen LogP) is 2.94. The number of nitrogens with zero attached hydrogens (tertiary/aromatic N) is 1. The largest absolute Gasteiger partial charge is 0.462 e. The number of ether oxygens (including phenoxy) is 1. The zero-order chi connectivity index (χ0) is 14.7. The molecule has 0 atom stereocenters. The quantitative estimate of drug-likeness (QED) is 0.844. The summed E-state index contributed by atoms with van der Waals surface area (Å²) < 4.78 is 5.80. The Labute approximate surface area is 122 Å². The first kappa shape index (κ1) is 13.2. The number of nitrogen functional groups attached to an aromatic ring is 1. The second kappa shape index (κ2) is 5.66. The van der Waals surface area contributed by atoms with Gasteiger partial charge in [-0.25, -0.2) is 0 Å². The number of benzene rings is 1. The minimum atomic E-state index is 0.233. The molecule has 0 saturated carbocycles. The maximum Gasteiger partial charge on any atom is 0.156 e. The number of nitrogens with two attached hydrogens (primary N) is 1. The summed E-state index contributed by atoms with van der Waals surface area (Å²) in [6, 6.07) is 9.65. The van der Waals surface area contributed by atoms with Gasteiger partial charge < -0.3 is 10.5 Å². The van der Waals surface area contributed by atoms with Crippen molar-refractivity contribution in [3.8, 4) is 5.75 Å². The lowest BCUT2D eigenvalue weighted by atomic mass is 9.98. The van der Waals surface area contributed by atoms with Crippen LogP contribution in [0.25, 0.3) is 5.57 Å². The zero-order valence-electron chi connectivity index (χ0n) is 11.4. The van der Waals surface area contributed by atoms with Gasteiger partial charge in [0.2, 0.25) is 0 Å². The van der Waals surface area contributed by atoms with E-state index in [1.165, 1.54) is 0 Å². The Balaban J connectivity index is 1.80. The van der Waals surface area contributed by atoms with Crippen molar-refractivity contribution in [2.75, 3.05) is 5.73 Å². The van der Waals surface area contributed by atoms with Crippen molar-refractivity contribution < 1.29 is 9.53 Å². The van der Waals surface area contributed by atoms with E-state index in [1.54, 1.807) is 0 Å². The number of hydrogen-bond donors (Lipinski definition) is 2. The summed E-state index contributed by atoms with van der Waals surface area (Å²) in [5.41, 5.74) is 7.76. The van der Waals surface area contributed by atoms with Gasteiger partial charge in [0.05, 0.1) is 11.3 Å². The number of allylic oxidation sites excluding steroid dienone is 4. The summed E-state index contributed by atoms with van der Waals surface area (Å²) in [4.78, 5) is 11.1. The lowest BCUT2D eigenvalue weighted by Crippen LogP contribution is -2.02. The lowest BCUT2D eigenvalue weighted by molar-refractivity contribution is 0.112. The highest BCUT2D eigenvalue weighted by Gasteiger charge is 2.16. The van der Waals surface area contributed by atoms with E-state index in [9.17, 15) is 4.79 Å². The van der Waals surface area contributed by atoms with E-state index in [2.05, 4.69) is 10.2 Å². The van der Waals surface area contributed by atoms with Gasteiger partial charge in [0.15, 0.2) is 12.1 Å². The molecule has 0 unspecified atom stereocenters. The van der Waals surface area contributed by atoms with Crippen LogP contribution in [0.5, 0.6) is 5.75 Å². The molecular weight excluding hydrogens is 266 g/mol. The summed E-state index contributed by atoms with van der Waals surface area (Å²) in [6.07, 6.45) is 6.10. The third-order valence-corrected chi connectivity index (χ3v) is 3.38. The molecule has 2 aromatic rings. The molecule has 1 heterocycles. The van der Waals surface area contributed by atoms with Crippen molar-refractivity contribution in [3.63, 3.8) is 0 Å². The monoisotopic (exact) mass is 281 g/mol. The molecule has 1 aliphatic rings. The van der Waals surface area contributed by atoms with Gasteiger partial charge in [-0.15, -0.1) is 0 Å². The highest BCUT2D eigenvalue weighted by molar-refractivity contribution is 5.89. The summed E-state index contributed by atoms with van der Waals surface area (Å²) >= 11 is 0. The normalized spacial score (nSPS) is 14.3. The number of carbonyl (C=O) groups excluding carboxylic acids is 1. The van der Waals surface area contributed by atoms with Crippen LogP contribution in [0.3, 0.4) is 0 Å². The maximum absolute atomic E-state index is 11.1. The fourth-order valence-electron chi connectivity index (χ4n) is 2.28. The number of aldehydes is 1. The summed E-state index contributed by atoms with van der Waals surface area (Å²) in [5, 5.41) is 6.69. The van der Waals surface area contributed by atoms with E-state index >= 15 is 0 Å². The van der Waals surface area contributed by atoms with E-state index in [4.69, 9.17) is 10.5 Å². The van der Waals surface area contributed by atoms with Crippen molar-refractivity contribution in [2.24, 2.45) is 0 Å². The first-order valence-corrected chi connectivity index (χ1v) is 6.70. The van der Waals surface area contributed by atoms with E-state index in [1.807, 2.05) is 42.5 Å². The zero-order valence-corrected chi connectivity index (χ0v) is 11.4. The minimum Gasteiger partial charge on any atom is -0.462 e. The van der Waals surface area contributed by atoms with Crippen LogP contribution < -0.4 is 10.5 Å². The van der Waals surface area contributed by atoms with Crippen molar-refractivity contribution in [1.29, 1.82) is 0 Å². The molecule has 3 N–H and O–H groups in total. The number of anilines is 1. The van der Waals surface area contributed by atoms with Gasteiger partial charge in [0.25, 0.3) is 0 Å². The molecular formula is C16H15N3O2. The molecule has 5 nitrogen and oxygen atoms in total. The molecule has 1 aromatic carbocycles. The average molecular weight is 281 g/mol. The van der Waals surface area contributed by atoms with Crippen molar-refractivity contribution in [3.05, 3.63) is 59.5 Å². The van der Waals surface area contributed by atoms with Crippen LogP contribution in [-0.2, 0) is 0 Å². The number of para-hydroxylation sites is 1. The van der Waals surface area contributed by atoms with Crippen LogP contribution in [0, 0.1) is 0 Å². The maximum atomic E-state index is 11.1. The molecule has 0 bridgehead atoms. The standard InChI is InChI=1S/C16H15N3O2/c17-16-14(10-20)15(18-19-16)11-6-8-13(9-7-11)21-12-4-2-1-3-5-12/h1-6,8,10H,7,9H2,(H3,17,18,19). The Morgan fingerprint density at radius 2 is 2.00 bits per heavy atom. The van der Waals surface area contributed by atoms with E-state index in [-0.39, 0.29) is 5.82 Å². The summed E-state index contributed by atoms with van der Waals surface area (Å²) in [7, 11) is 0. The van der Waals surface area contributed by atoms with E-state index < -0.39 is 0 Å². The van der Waals surface area contributed by atoms with Crippen LogP contribution in [0.15, 0.2) is 48.2 Å². The number of rotatable bonds is 4. The molecule has 0 aliphatic heterocycles. The molecule has 1 aromatic heterocycles. The fraction of sp³-hybridized carbons (Fsp3) is 0.125. The highest BCUT2D eigenvalue weighted by atomic mass is 16.5. The van der Waals surface area contributed by atoms with Gasteiger partial charge in [-0.1, -0.05) is 24.3 Å². The molecule has 0 spiro atoms. The predicted molar refractivity (Wildman–Crippen MR) is 80.8 cm³/mol. The topological polar surface area (TPSA) is 81.0 Å². The summed E-state index contributed by atoms with van der Waals surface area (Å²) in [6.45, 7) is 0. The molecule has 0 radical (unpaired) electrons. The van der Waals surface area contributed by atoms with Crippen LogP contribution in [0.2, 0.25) is 0 Å². The van der Waals surface area contributed by atoms with Gasteiger partial charge in [0.1, 0.15) is 11.5 Å². The SMILES string of the molecule is Nc1n[nH]c(C2=CC=C(Oc3ccccc3)CC2)c1C=O. The van der Waals surface area contributed by atoms with Gasteiger partial charge >= 0.3 is 0 Å². The van der Waals surface area contributed by atoms with Crippen molar-refractivity contribution in [2.45, 2.75) is 12.8 Å². The second-order valence-electron chi connectivity index (χ2n) is 4.76. The Kier molecular flexibility index (Phi) is 3.55. The number of aromatic amines is 1. The Morgan fingerprint density at radius 3 is 2.67 bits per heavy atom. The van der Waals surface area contributed by atoms with Crippen LogP contribution in [0.1, 0.15) is 28.9 Å². The molecule has 0 fully saturated rings. The van der Waals surface area contributed by atoms with Crippen LogP contribution in [0.4, 0.5) is 5.82 Å². The van der Waals surface area contributed by atoms with Crippen molar-refractivity contribution >= 4 is 17.7 Å². The Bertz CT molecular complexity index is 714. The number of H-pyrrole nitrogens is 1. The van der Waals surface area contributed by atoms with Gasteiger partial charge in [-0.3, -0.25) is 9.89 Å². The third kappa shape index (κ3) is 2.72. The third-order valence-electron chi connectivity index (χ3n) is 3.38. The number of carbonyl (C=O) groups is 1. The molecule has 0 amide bonds. The molecule has 5 heteroatoms. The average Bonchev–Trinajstić information content (AvgIpc) is 2.90. The minimum absolute atomic E-state index is 0.233. The first-order valence-electron chi connectivity index (χ1n) is 6.70. The Morgan fingerprint density at radius 1 is 1.19 bits per heavy atom. The molecule has 21 heavy (non-hydrogen) atoms. The van der Waals surface area contributed by atoms with Crippen LogP contribution >= 0.6 is 0 Å². The van der Waals surface area contributed by atoms with E-state index in [0.717, 1.165) is 36.2 Å². The van der Waals surface area contributed by atoms with Gasteiger partial charge in [-0.05, 0) is 30.2 Å².